The highest BCUT2D eigenvalue weighted by Gasteiger charge is 2.21. The summed E-state index contributed by atoms with van der Waals surface area (Å²) in [6, 6.07) is 4.62. The molecule has 23 heavy (non-hydrogen) atoms. The Bertz CT molecular complexity index is 726. The predicted octanol–water partition coefficient (Wildman–Crippen LogP) is 5.33. The summed E-state index contributed by atoms with van der Waals surface area (Å²) >= 11 is 0. The largest absolute Gasteiger partial charge is 0.384 e. The molecule has 2 aromatic rings. The maximum absolute atomic E-state index is 4.97. The number of pyridine rings is 1. The highest BCUT2D eigenvalue weighted by molar-refractivity contribution is 5.94. The van der Waals surface area contributed by atoms with Gasteiger partial charge in [0.05, 0.1) is 5.52 Å². The lowest BCUT2D eigenvalue weighted by molar-refractivity contribution is 0.373. The van der Waals surface area contributed by atoms with Gasteiger partial charge in [0.1, 0.15) is 0 Å². The third kappa shape index (κ3) is 2.84. The summed E-state index contributed by atoms with van der Waals surface area (Å²) in [6.07, 6.45) is 10.7. The molecule has 1 heterocycles. The van der Waals surface area contributed by atoms with Crippen molar-refractivity contribution in [3.8, 4) is 0 Å². The van der Waals surface area contributed by atoms with E-state index in [4.69, 9.17) is 4.98 Å². The zero-order valence-electron chi connectivity index (χ0n) is 14.5. The lowest BCUT2D eigenvalue weighted by atomic mass is 9.89. The van der Waals surface area contributed by atoms with Crippen molar-refractivity contribution in [3.63, 3.8) is 0 Å². The molecule has 4 rings (SSSR count). The van der Waals surface area contributed by atoms with Crippen molar-refractivity contribution in [1.82, 2.24) is 4.98 Å². The van der Waals surface area contributed by atoms with E-state index in [2.05, 4.69) is 31.3 Å². The average molecular weight is 308 g/mol. The Labute approximate surface area is 139 Å². The number of hydrogen-bond acceptors (Lipinski definition) is 2. The van der Waals surface area contributed by atoms with Crippen LogP contribution < -0.4 is 5.32 Å². The maximum Gasteiger partial charge on any atom is 0.0729 e. The normalized spacial score (nSPS) is 18.3. The molecule has 1 aromatic heterocycles. The van der Waals surface area contributed by atoms with Crippen molar-refractivity contribution in [2.75, 3.05) is 11.9 Å². The second-order valence-corrected chi connectivity index (χ2v) is 7.60. The van der Waals surface area contributed by atoms with Crippen LogP contribution in [0.15, 0.2) is 12.1 Å². The van der Waals surface area contributed by atoms with Crippen LogP contribution in [0.4, 0.5) is 5.69 Å². The van der Waals surface area contributed by atoms with Crippen LogP contribution in [0, 0.1) is 19.8 Å². The number of aromatic nitrogens is 1. The number of nitrogens with zero attached hydrogens (tertiary/aromatic N) is 1. The SMILES string of the molecule is Cc1cc2nc3c(c(NCC4CCCCC4)c2cc1C)CCC3. The fourth-order valence-electron chi connectivity index (χ4n) is 4.36. The van der Waals surface area contributed by atoms with Gasteiger partial charge < -0.3 is 5.32 Å². The summed E-state index contributed by atoms with van der Waals surface area (Å²) in [5, 5.41) is 5.20. The van der Waals surface area contributed by atoms with Crippen LogP contribution in [0.3, 0.4) is 0 Å². The molecule has 1 aromatic carbocycles. The van der Waals surface area contributed by atoms with E-state index >= 15 is 0 Å². The molecule has 122 valence electrons. The molecule has 0 aliphatic heterocycles. The molecule has 0 bridgehead atoms. The summed E-state index contributed by atoms with van der Waals surface area (Å²) in [4.78, 5) is 4.97. The Morgan fingerprint density at radius 3 is 2.61 bits per heavy atom. The maximum atomic E-state index is 4.97. The number of anilines is 1. The second-order valence-electron chi connectivity index (χ2n) is 7.60. The molecule has 0 atom stereocenters. The molecule has 2 nitrogen and oxygen atoms in total. The highest BCUT2D eigenvalue weighted by Crippen LogP contribution is 2.36. The van der Waals surface area contributed by atoms with E-state index in [1.807, 2.05) is 0 Å². The first kappa shape index (κ1) is 15.0. The summed E-state index contributed by atoms with van der Waals surface area (Å²) in [7, 11) is 0. The summed E-state index contributed by atoms with van der Waals surface area (Å²) in [5.41, 5.74) is 8.14. The molecule has 0 amide bonds. The highest BCUT2D eigenvalue weighted by atomic mass is 14.9. The minimum Gasteiger partial charge on any atom is -0.384 e. The molecule has 1 fully saturated rings. The first-order valence-corrected chi connectivity index (χ1v) is 9.39. The quantitative estimate of drug-likeness (QED) is 0.828. The fraction of sp³-hybridized carbons (Fsp3) is 0.571. The number of nitrogens with one attached hydrogen (secondary N) is 1. The zero-order valence-corrected chi connectivity index (χ0v) is 14.5. The van der Waals surface area contributed by atoms with Crippen molar-refractivity contribution in [3.05, 3.63) is 34.5 Å². The van der Waals surface area contributed by atoms with Gasteiger partial charge in [0.15, 0.2) is 0 Å². The van der Waals surface area contributed by atoms with Gasteiger partial charge in [-0.3, -0.25) is 4.98 Å². The number of rotatable bonds is 3. The van der Waals surface area contributed by atoms with Crippen molar-refractivity contribution in [1.29, 1.82) is 0 Å². The zero-order chi connectivity index (χ0) is 15.8. The minimum atomic E-state index is 0.857. The Balaban J connectivity index is 1.72. The van der Waals surface area contributed by atoms with Gasteiger partial charge in [0.2, 0.25) is 0 Å². The van der Waals surface area contributed by atoms with Gasteiger partial charge in [0, 0.05) is 23.3 Å². The number of benzene rings is 1. The third-order valence-electron chi connectivity index (χ3n) is 5.92. The monoisotopic (exact) mass is 308 g/mol. The fourth-order valence-corrected chi connectivity index (χ4v) is 4.36. The van der Waals surface area contributed by atoms with Crippen molar-refractivity contribution < 1.29 is 0 Å². The lowest BCUT2D eigenvalue weighted by Crippen LogP contribution is -2.18. The summed E-state index contributed by atoms with van der Waals surface area (Å²) in [6.45, 7) is 5.55. The smallest absolute Gasteiger partial charge is 0.0729 e. The van der Waals surface area contributed by atoms with E-state index in [9.17, 15) is 0 Å². The van der Waals surface area contributed by atoms with Gasteiger partial charge in [0.25, 0.3) is 0 Å². The molecule has 2 aliphatic rings. The molecule has 0 radical (unpaired) electrons. The van der Waals surface area contributed by atoms with Crippen LogP contribution >= 0.6 is 0 Å². The molecule has 1 N–H and O–H groups in total. The van der Waals surface area contributed by atoms with E-state index in [-0.39, 0.29) is 0 Å². The molecule has 0 unspecified atom stereocenters. The molecule has 1 saturated carbocycles. The summed E-state index contributed by atoms with van der Waals surface area (Å²) < 4.78 is 0. The van der Waals surface area contributed by atoms with Crippen LogP contribution in [-0.4, -0.2) is 11.5 Å². The van der Waals surface area contributed by atoms with Crippen LogP contribution in [0.2, 0.25) is 0 Å². The van der Waals surface area contributed by atoms with Crippen LogP contribution in [0.5, 0.6) is 0 Å². The van der Waals surface area contributed by atoms with Gasteiger partial charge in [-0.05, 0) is 80.7 Å². The van der Waals surface area contributed by atoms with Crippen molar-refractivity contribution >= 4 is 16.6 Å². The molecule has 0 saturated heterocycles. The van der Waals surface area contributed by atoms with Gasteiger partial charge in [-0.25, -0.2) is 0 Å². The Kier molecular flexibility index (Phi) is 4.00. The van der Waals surface area contributed by atoms with Crippen LogP contribution in [0.1, 0.15) is 60.9 Å². The van der Waals surface area contributed by atoms with E-state index in [1.54, 1.807) is 0 Å². The molecular formula is C21H28N2. The minimum absolute atomic E-state index is 0.857. The van der Waals surface area contributed by atoms with Gasteiger partial charge in [-0.2, -0.15) is 0 Å². The van der Waals surface area contributed by atoms with Gasteiger partial charge in [-0.15, -0.1) is 0 Å². The van der Waals surface area contributed by atoms with Crippen molar-refractivity contribution in [2.24, 2.45) is 5.92 Å². The van der Waals surface area contributed by atoms with E-state index in [0.717, 1.165) is 18.9 Å². The Hall–Kier alpha value is -1.57. The van der Waals surface area contributed by atoms with E-state index in [1.165, 1.54) is 83.9 Å². The first-order valence-electron chi connectivity index (χ1n) is 9.39. The van der Waals surface area contributed by atoms with Gasteiger partial charge >= 0.3 is 0 Å². The Morgan fingerprint density at radius 2 is 1.78 bits per heavy atom. The molecular weight excluding hydrogens is 280 g/mol. The number of aryl methyl sites for hydroxylation is 3. The number of fused-ring (bicyclic) bond motifs is 2. The standard InChI is InChI=1S/C21H28N2/c1-14-11-18-20(12-15(14)2)23-19-10-6-9-17(19)21(18)22-13-16-7-4-3-5-8-16/h11-12,16H,3-10,13H2,1-2H3,(H,22,23). The summed E-state index contributed by atoms with van der Waals surface area (Å²) in [5.74, 6) is 0.857. The van der Waals surface area contributed by atoms with Crippen molar-refractivity contribution in [2.45, 2.75) is 65.2 Å². The lowest BCUT2D eigenvalue weighted by Gasteiger charge is -2.24. The van der Waals surface area contributed by atoms with Crippen LogP contribution in [0.25, 0.3) is 10.9 Å². The molecule has 2 heteroatoms. The van der Waals surface area contributed by atoms with E-state index < -0.39 is 0 Å². The van der Waals surface area contributed by atoms with E-state index in [0.29, 0.717) is 0 Å². The van der Waals surface area contributed by atoms with Crippen LogP contribution in [-0.2, 0) is 12.8 Å². The second kappa shape index (κ2) is 6.14. The molecule has 2 aliphatic carbocycles. The molecule has 0 spiro atoms. The number of hydrogen-bond donors (Lipinski definition) is 1. The average Bonchev–Trinajstić information content (AvgIpc) is 3.02. The predicted molar refractivity (Wildman–Crippen MR) is 98.3 cm³/mol. The third-order valence-corrected chi connectivity index (χ3v) is 5.92. The topological polar surface area (TPSA) is 24.9 Å². The Morgan fingerprint density at radius 1 is 1.00 bits per heavy atom. The first-order chi connectivity index (χ1) is 11.2. The van der Waals surface area contributed by atoms with Gasteiger partial charge in [-0.1, -0.05) is 19.3 Å².